The number of ketones is 1. The maximum absolute atomic E-state index is 12.8. The number of rotatable bonds is 9. The summed E-state index contributed by atoms with van der Waals surface area (Å²) in [5.74, 6) is -2.26. The smallest absolute Gasteiger partial charge is 0.245 e. The van der Waals surface area contributed by atoms with E-state index in [0.717, 1.165) is 0 Å². The van der Waals surface area contributed by atoms with Gasteiger partial charge in [0.2, 0.25) is 23.6 Å². The third kappa shape index (κ3) is 6.99. The highest BCUT2D eigenvalue weighted by molar-refractivity contribution is 6.28. The zero-order valence-electron chi connectivity index (χ0n) is 17.6. The van der Waals surface area contributed by atoms with Crippen LogP contribution in [-0.4, -0.2) is 70.9 Å². The number of halogens is 1. The lowest BCUT2D eigenvalue weighted by Gasteiger charge is -2.29. The molecule has 1 aliphatic heterocycles. The average molecular weight is 431 g/mol. The van der Waals surface area contributed by atoms with Crippen LogP contribution in [0.3, 0.4) is 0 Å². The molecule has 1 fully saturated rings. The number of nitrogens with zero attached hydrogens (tertiary/aromatic N) is 1. The van der Waals surface area contributed by atoms with Crippen molar-refractivity contribution in [2.75, 3.05) is 12.4 Å². The Bertz CT molecular complexity index is 655. The predicted molar refractivity (Wildman–Crippen MR) is 108 cm³/mol. The van der Waals surface area contributed by atoms with E-state index >= 15 is 0 Å². The third-order valence-electron chi connectivity index (χ3n) is 4.82. The van der Waals surface area contributed by atoms with E-state index in [9.17, 15) is 24.0 Å². The summed E-state index contributed by atoms with van der Waals surface area (Å²) in [4.78, 5) is 62.1. The lowest BCUT2D eigenvalue weighted by atomic mass is 10.00. The van der Waals surface area contributed by atoms with Crippen molar-refractivity contribution in [3.05, 3.63) is 0 Å². The number of amides is 4. The molecule has 0 aromatic rings. The molecule has 10 heteroatoms. The topological polar surface area (TPSA) is 125 Å². The molecule has 29 heavy (non-hydrogen) atoms. The summed E-state index contributed by atoms with van der Waals surface area (Å²) in [6.07, 6.45) is 1.11. The van der Waals surface area contributed by atoms with E-state index in [4.69, 9.17) is 11.6 Å². The maximum atomic E-state index is 12.8. The molecule has 1 saturated heterocycles. The van der Waals surface area contributed by atoms with Crippen molar-refractivity contribution >= 4 is 41.0 Å². The monoisotopic (exact) mass is 430 g/mol. The zero-order chi connectivity index (χ0) is 22.3. The van der Waals surface area contributed by atoms with Gasteiger partial charge in [0.15, 0.2) is 5.78 Å². The second-order valence-electron chi connectivity index (χ2n) is 7.67. The van der Waals surface area contributed by atoms with Gasteiger partial charge in [0.25, 0.3) is 0 Å². The van der Waals surface area contributed by atoms with Crippen LogP contribution in [0.25, 0.3) is 0 Å². The fraction of sp³-hybridized carbons (Fsp3) is 0.737. The van der Waals surface area contributed by atoms with E-state index in [0.29, 0.717) is 19.4 Å². The first-order valence-corrected chi connectivity index (χ1v) is 10.3. The summed E-state index contributed by atoms with van der Waals surface area (Å²) < 4.78 is 0. The summed E-state index contributed by atoms with van der Waals surface area (Å²) in [5, 5.41) is 7.72. The van der Waals surface area contributed by atoms with Gasteiger partial charge in [-0.05, 0) is 32.6 Å². The lowest BCUT2D eigenvalue weighted by Crippen LogP contribution is -2.56. The van der Waals surface area contributed by atoms with Gasteiger partial charge in [0.05, 0.1) is 11.9 Å². The first-order chi connectivity index (χ1) is 13.5. The fourth-order valence-electron chi connectivity index (χ4n) is 3.27. The highest BCUT2D eigenvalue weighted by Crippen LogP contribution is 2.19. The molecular formula is C19H31ClN4O5. The Morgan fingerprint density at radius 2 is 1.62 bits per heavy atom. The van der Waals surface area contributed by atoms with E-state index < -0.39 is 41.9 Å². The Kier molecular flexibility index (Phi) is 9.55. The second-order valence-corrected chi connectivity index (χ2v) is 7.94. The van der Waals surface area contributed by atoms with Gasteiger partial charge in [-0.3, -0.25) is 24.0 Å². The number of carbonyl (C=O) groups is 5. The van der Waals surface area contributed by atoms with Crippen molar-refractivity contribution in [3.63, 3.8) is 0 Å². The molecule has 0 spiro atoms. The predicted octanol–water partition coefficient (Wildman–Crippen LogP) is -0.0446. The van der Waals surface area contributed by atoms with Gasteiger partial charge < -0.3 is 20.9 Å². The maximum Gasteiger partial charge on any atom is 0.245 e. The van der Waals surface area contributed by atoms with Crippen LogP contribution >= 0.6 is 11.6 Å². The Morgan fingerprint density at radius 3 is 2.14 bits per heavy atom. The zero-order valence-corrected chi connectivity index (χ0v) is 18.3. The minimum atomic E-state index is -0.863. The largest absolute Gasteiger partial charge is 0.345 e. The van der Waals surface area contributed by atoms with Crippen LogP contribution in [0.4, 0.5) is 0 Å². The molecule has 3 N–H and O–H groups in total. The minimum absolute atomic E-state index is 0.135. The average Bonchev–Trinajstić information content (AvgIpc) is 3.13. The number of nitrogens with one attached hydrogen (secondary N) is 3. The van der Waals surface area contributed by atoms with Gasteiger partial charge >= 0.3 is 0 Å². The van der Waals surface area contributed by atoms with Crippen LogP contribution in [0.1, 0.15) is 47.5 Å². The van der Waals surface area contributed by atoms with Gasteiger partial charge in [-0.1, -0.05) is 13.8 Å². The lowest BCUT2D eigenvalue weighted by molar-refractivity contribution is -0.142. The van der Waals surface area contributed by atoms with E-state index in [1.807, 2.05) is 0 Å². The van der Waals surface area contributed by atoms with Gasteiger partial charge in [-0.25, -0.2) is 0 Å². The number of alkyl halides is 1. The van der Waals surface area contributed by atoms with Crippen LogP contribution in [0, 0.1) is 5.92 Å². The highest BCUT2D eigenvalue weighted by Gasteiger charge is 2.38. The molecule has 1 rings (SSSR count). The molecule has 9 nitrogen and oxygen atoms in total. The molecule has 1 heterocycles. The summed E-state index contributed by atoms with van der Waals surface area (Å²) in [6.45, 7) is 8.34. The first kappa shape index (κ1) is 24.9. The van der Waals surface area contributed by atoms with Crippen molar-refractivity contribution in [2.24, 2.45) is 5.92 Å². The second kappa shape index (κ2) is 11.1. The Balaban J connectivity index is 2.77. The quantitative estimate of drug-likeness (QED) is 0.442. The molecule has 4 atom stereocenters. The number of Topliss-reactive ketones (excluding diaryl/α,β-unsaturated/α-hetero) is 1. The van der Waals surface area contributed by atoms with Crippen LogP contribution in [0.15, 0.2) is 0 Å². The van der Waals surface area contributed by atoms with Crippen LogP contribution in [-0.2, 0) is 24.0 Å². The van der Waals surface area contributed by atoms with E-state index in [-0.39, 0.29) is 23.5 Å². The van der Waals surface area contributed by atoms with Gasteiger partial charge in [0.1, 0.15) is 18.1 Å². The number of hydrogen-bond donors (Lipinski definition) is 3. The van der Waals surface area contributed by atoms with Gasteiger partial charge in [-0.2, -0.15) is 0 Å². The Labute approximate surface area is 176 Å². The molecule has 0 aromatic heterocycles. The summed E-state index contributed by atoms with van der Waals surface area (Å²) in [7, 11) is 0. The number of hydrogen-bond acceptors (Lipinski definition) is 5. The summed E-state index contributed by atoms with van der Waals surface area (Å²) >= 11 is 5.63. The molecule has 4 amide bonds. The van der Waals surface area contributed by atoms with E-state index in [2.05, 4.69) is 16.0 Å². The molecule has 0 aromatic carbocycles. The summed E-state index contributed by atoms with van der Waals surface area (Å²) in [5.41, 5.74) is 0. The van der Waals surface area contributed by atoms with Crippen LogP contribution in [0.2, 0.25) is 0 Å². The SMILES string of the molecule is CC(=O)N[C@@H](C)C(=O)N[C@@H](C)C(=O)N1CCC[C@H]1C(=O)N[C@H](C(=O)CCl)C(C)C. The molecule has 164 valence electrons. The van der Waals surface area contributed by atoms with Gasteiger partial charge in [-0.15, -0.1) is 11.6 Å². The van der Waals surface area contributed by atoms with Crippen LogP contribution < -0.4 is 16.0 Å². The number of likely N-dealkylation sites (tertiary alicyclic amines) is 1. The highest BCUT2D eigenvalue weighted by atomic mass is 35.5. The standard InChI is InChI=1S/C19H31ClN4O5/c1-10(2)16(15(26)9-20)23-18(28)14-7-6-8-24(14)19(29)12(4)22-17(27)11(3)21-13(5)25/h10-12,14,16H,6-9H2,1-5H3,(H,21,25)(H,22,27)(H,23,28)/t11-,12-,14-,16-/m0/s1. The van der Waals surface area contributed by atoms with Crippen molar-refractivity contribution in [1.29, 1.82) is 0 Å². The molecule has 0 aliphatic carbocycles. The fourth-order valence-corrected chi connectivity index (χ4v) is 3.44. The minimum Gasteiger partial charge on any atom is -0.345 e. The first-order valence-electron chi connectivity index (χ1n) is 9.76. The normalized spacial score (nSPS) is 19.3. The Morgan fingerprint density at radius 1 is 1.00 bits per heavy atom. The van der Waals surface area contributed by atoms with Crippen molar-refractivity contribution < 1.29 is 24.0 Å². The van der Waals surface area contributed by atoms with E-state index in [1.165, 1.54) is 25.7 Å². The molecule has 1 aliphatic rings. The van der Waals surface area contributed by atoms with E-state index in [1.54, 1.807) is 13.8 Å². The molecule has 0 saturated carbocycles. The molecular weight excluding hydrogens is 400 g/mol. The van der Waals surface area contributed by atoms with Crippen molar-refractivity contribution in [1.82, 2.24) is 20.9 Å². The van der Waals surface area contributed by atoms with Gasteiger partial charge in [0, 0.05) is 13.5 Å². The van der Waals surface area contributed by atoms with Crippen LogP contribution in [0.5, 0.6) is 0 Å². The van der Waals surface area contributed by atoms with Crippen molar-refractivity contribution in [2.45, 2.75) is 71.6 Å². The third-order valence-corrected chi connectivity index (χ3v) is 5.09. The molecule has 0 bridgehead atoms. The number of carbonyl (C=O) groups excluding carboxylic acids is 5. The summed E-state index contributed by atoms with van der Waals surface area (Å²) in [6, 6.07) is -3.07. The Hall–Kier alpha value is -2.16. The van der Waals surface area contributed by atoms with Crippen molar-refractivity contribution in [3.8, 4) is 0 Å². The molecule has 0 radical (unpaired) electrons. The molecule has 0 unspecified atom stereocenters.